The number of sulfonamides is 1. The lowest BCUT2D eigenvalue weighted by Crippen LogP contribution is -2.41. The van der Waals surface area contributed by atoms with Gasteiger partial charge in [0.05, 0.1) is 38.8 Å². The summed E-state index contributed by atoms with van der Waals surface area (Å²) < 4.78 is 41.6. The molecule has 1 N–H and O–H groups in total. The van der Waals surface area contributed by atoms with Gasteiger partial charge in [0.15, 0.2) is 0 Å². The summed E-state index contributed by atoms with van der Waals surface area (Å²) >= 11 is 0. The van der Waals surface area contributed by atoms with E-state index in [2.05, 4.69) is 5.32 Å². The number of carbonyl (C=O) groups is 1. The average Bonchev–Trinajstić information content (AvgIpc) is 2.71. The van der Waals surface area contributed by atoms with E-state index in [1.165, 1.54) is 7.11 Å². The van der Waals surface area contributed by atoms with Crippen LogP contribution in [0, 0.1) is 0 Å². The van der Waals surface area contributed by atoms with Gasteiger partial charge in [0.2, 0.25) is 15.9 Å². The zero-order valence-electron chi connectivity index (χ0n) is 17.8. The summed E-state index contributed by atoms with van der Waals surface area (Å²) in [5.41, 5.74) is 1.10. The normalized spacial score (nSPS) is 12.0. The monoisotopic (exact) mass is 436 g/mol. The van der Waals surface area contributed by atoms with E-state index >= 15 is 0 Å². The number of hydrogen-bond donors (Lipinski definition) is 1. The van der Waals surface area contributed by atoms with Gasteiger partial charge in [0.25, 0.3) is 0 Å². The molecule has 0 spiro atoms. The van der Waals surface area contributed by atoms with Crippen molar-refractivity contribution in [3.63, 3.8) is 0 Å². The molecule has 0 saturated heterocycles. The number of methoxy groups -OCH3 is 2. The van der Waals surface area contributed by atoms with Crippen molar-refractivity contribution < 1.29 is 27.4 Å². The number of rotatable bonds is 10. The predicted molar refractivity (Wildman–Crippen MR) is 116 cm³/mol. The van der Waals surface area contributed by atoms with Gasteiger partial charge in [0, 0.05) is 5.56 Å². The molecule has 1 amide bonds. The van der Waals surface area contributed by atoms with Crippen LogP contribution >= 0.6 is 0 Å². The first-order chi connectivity index (χ1) is 14.2. The van der Waals surface area contributed by atoms with Crippen LogP contribution in [-0.4, -0.2) is 48.0 Å². The highest BCUT2D eigenvalue weighted by Gasteiger charge is 2.23. The number of anilines is 1. The molecule has 0 aromatic heterocycles. The van der Waals surface area contributed by atoms with Crippen LogP contribution < -0.4 is 23.8 Å². The zero-order chi connectivity index (χ0) is 22.3. The van der Waals surface area contributed by atoms with Crippen molar-refractivity contribution in [3.05, 3.63) is 48.0 Å². The predicted octanol–water partition coefficient (Wildman–Crippen LogP) is 2.75. The Morgan fingerprint density at radius 2 is 1.70 bits per heavy atom. The molecule has 1 atom stereocenters. The molecule has 30 heavy (non-hydrogen) atoms. The molecule has 2 aromatic carbocycles. The number of benzene rings is 2. The standard InChI is InChI=1S/C21H28N2O6S/c1-6-29-17-9-7-16(8-10-17)23(30(5,25)26)14-21(24)22-15(2)19-13-18(27-3)11-12-20(19)28-4/h7-13,15H,6,14H2,1-5H3,(H,22,24)/t15-/m1/s1. The molecule has 0 unspecified atom stereocenters. The Balaban J connectivity index is 2.18. The van der Waals surface area contributed by atoms with Crippen LogP contribution in [0.2, 0.25) is 0 Å². The van der Waals surface area contributed by atoms with E-state index in [-0.39, 0.29) is 6.54 Å². The maximum atomic E-state index is 12.7. The summed E-state index contributed by atoms with van der Waals surface area (Å²) in [5, 5.41) is 2.82. The van der Waals surface area contributed by atoms with Gasteiger partial charge in [0.1, 0.15) is 23.8 Å². The zero-order valence-corrected chi connectivity index (χ0v) is 18.7. The smallest absolute Gasteiger partial charge is 0.241 e. The summed E-state index contributed by atoms with van der Waals surface area (Å²) in [4.78, 5) is 12.7. The molecule has 0 heterocycles. The summed E-state index contributed by atoms with van der Waals surface area (Å²) in [6.07, 6.45) is 1.06. The molecule has 8 nitrogen and oxygen atoms in total. The van der Waals surface area contributed by atoms with Gasteiger partial charge in [-0.05, 0) is 56.3 Å². The molecule has 0 bridgehead atoms. The van der Waals surface area contributed by atoms with Crippen molar-refractivity contribution in [2.45, 2.75) is 19.9 Å². The summed E-state index contributed by atoms with van der Waals surface area (Å²) in [6.45, 7) is 3.79. The van der Waals surface area contributed by atoms with E-state index in [0.717, 1.165) is 16.1 Å². The van der Waals surface area contributed by atoms with E-state index in [4.69, 9.17) is 14.2 Å². The third kappa shape index (κ3) is 6.03. The third-order valence-electron chi connectivity index (χ3n) is 4.40. The third-order valence-corrected chi connectivity index (χ3v) is 5.54. The van der Waals surface area contributed by atoms with Crippen LogP contribution in [0.5, 0.6) is 17.2 Å². The summed E-state index contributed by atoms with van der Waals surface area (Å²) in [7, 11) is -0.585. The van der Waals surface area contributed by atoms with E-state index in [0.29, 0.717) is 29.5 Å². The van der Waals surface area contributed by atoms with Gasteiger partial charge in [-0.25, -0.2) is 8.42 Å². The van der Waals surface area contributed by atoms with E-state index < -0.39 is 22.0 Å². The number of amides is 1. The minimum Gasteiger partial charge on any atom is -0.497 e. The average molecular weight is 437 g/mol. The molecule has 9 heteroatoms. The summed E-state index contributed by atoms with van der Waals surface area (Å²) in [6, 6.07) is 11.4. The fourth-order valence-electron chi connectivity index (χ4n) is 2.95. The fourth-order valence-corrected chi connectivity index (χ4v) is 3.80. The lowest BCUT2D eigenvalue weighted by molar-refractivity contribution is -0.120. The SMILES string of the molecule is CCOc1ccc(N(CC(=O)N[C@H](C)c2cc(OC)ccc2OC)S(C)(=O)=O)cc1. The van der Waals surface area contributed by atoms with Crippen LogP contribution in [0.3, 0.4) is 0 Å². The van der Waals surface area contributed by atoms with Gasteiger partial charge in [-0.15, -0.1) is 0 Å². The number of ether oxygens (including phenoxy) is 3. The minimum absolute atomic E-state index is 0.358. The lowest BCUT2D eigenvalue weighted by Gasteiger charge is -2.24. The van der Waals surface area contributed by atoms with Gasteiger partial charge in [-0.2, -0.15) is 0 Å². The maximum absolute atomic E-state index is 12.7. The second kappa shape index (κ2) is 10.2. The quantitative estimate of drug-likeness (QED) is 0.616. The van der Waals surface area contributed by atoms with Crippen molar-refractivity contribution in [1.82, 2.24) is 5.32 Å². The van der Waals surface area contributed by atoms with Crippen LogP contribution in [0.4, 0.5) is 5.69 Å². The minimum atomic E-state index is -3.68. The van der Waals surface area contributed by atoms with Crippen LogP contribution in [0.25, 0.3) is 0 Å². The topological polar surface area (TPSA) is 94.2 Å². The first kappa shape index (κ1) is 23.3. The van der Waals surface area contributed by atoms with Crippen molar-refractivity contribution in [1.29, 1.82) is 0 Å². The Hall–Kier alpha value is -2.94. The van der Waals surface area contributed by atoms with Crippen molar-refractivity contribution in [3.8, 4) is 17.2 Å². The summed E-state index contributed by atoms with van der Waals surface area (Å²) in [5.74, 6) is 1.39. The van der Waals surface area contributed by atoms with Crippen LogP contribution in [0.1, 0.15) is 25.5 Å². The molecule has 0 aliphatic rings. The first-order valence-corrected chi connectivity index (χ1v) is 11.3. The highest BCUT2D eigenvalue weighted by Crippen LogP contribution is 2.29. The molecule has 0 aliphatic carbocycles. The highest BCUT2D eigenvalue weighted by atomic mass is 32.2. The Morgan fingerprint density at radius 3 is 2.23 bits per heavy atom. The van der Waals surface area contributed by atoms with E-state index in [1.807, 2.05) is 6.92 Å². The number of nitrogens with one attached hydrogen (secondary N) is 1. The molecule has 0 aliphatic heterocycles. The number of nitrogens with zero attached hydrogens (tertiary/aromatic N) is 1. The van der Waals surface area contributed by atoms with Crippen molar-refractivity contribution >= 4 is 21.6 Å². The van der Waals surface area contributed by atoms with Gasteiger partial charge in [-0.3, -0.25) is 9.10 Å². The number of hydrogen-bond acceptors (Lipinski definition) is 6. The van der Waals surface area contributed by atoms with Crippen LogP contribution in [0.15, 0.2) is 42.5 Å². The first-order valence-electron chi connectivity index (χ1n) is 9.41. The molecule has 0 radical (unpaired) electrons. The van der Waals surface area contributed by atoms with Crippen LogP contribution in [-0.2, 0) is 14.8 Å². The van der Waals surface area contributed by atoms with Crippen molar-refractivity contribution in [2.75, 3.05) is 37.9 Å². The van der Waals surface area contributed by atoms with Gasteiger partial charge >= 0.3 is 0 Å². The van der Waals surface area contributed by atoms with Gasteiger partial charge in [-0.1, -0.05) is 0 Å². The highest BCUT2D eigenvalue weighted by molar-refractivity contribution is 7.92. The molecule has 164 valence electrons. The maximum Gasteiger partial charge on any atom is 0.241 e. The Labute approximate surface area is 177 Å². The van der Waals surface area contributed by atoms with E-state index in [9.17, 15) is 13.2 Å². The molecule has 0 saturated carbocycles. The molecule has 2 rings (SSSR count). The number of carbonyl (C=O) groups excluding carboxylic acids is 1. The Morgan fingerprint density at radius 1 is 1.07 bits per heavy atom. The molecule has 2 aromatic rings. The Bertz CT molecular complexity index is 960. The second-order valence-electron chi connectivity index (χ2n) is 6.59. The largest absolute Gasteiger partial charge is 0.497 e. The molecular formula is C21H28N2O6S. The second-order valence-corrected chi connectivity index (χ2v) is 8.50. The van der Waals surface area contributed by atoms with E-state index in [1.54, 1.807) is 56.5 Å². The van der Waals surface area contributed by atoms with Gasteiger partial charge < -0.3 is 19.5 Å². The lowest BCUT2D eigenvalue weighted by atomic mass is 10.1. The Kier molecular flexibility index (Phi) is 7.93. The van der Waals surface area contributed by atoms with Crippen molar-refractivity contribution in [2.24, 2.45) is 0 Å². The fraction of sp³-hybridized carbons (Fsp3) is 0.381. The molecular weight excluding hydrogens is 408 g/mol. The molecule has 0 fully saturated rings.